The van der Waals surface area contributed by atoms with Crippen LogP contribution in [0.2, 0.25) is 0 Å². The Bertz CT molecular complexity index is 1580. The first kappa shape index (κ1) is 22.7. The van der Waals surface area contributed by atoms with Crippen molar-refractivity contribution in [3.8, 4) is 0 Å². The fourth-order valence-electron chi connectivity index (χ4n) is 5.55. The Morgan fingerprint density at radius 2 is 1.82 bits per heavy atom. The SMILES string of the molecule is c1c[nH]c(C2(c3ccsn3)N(c3cnon3)N(c3ccn[nH]3)N(c3nccs3)C2(c2ccn[nH]2)c2ncco2)c1. The third-order valence-electron chi connectivity index (χ3n) is 6.84. The van der Waals surface area contributed by atoms with Crippen molar-refractivity contribution in [1.82, 2.24) is 50.0 Å². The van der Waals surface area contributed by atoms with Crippen molar-refractivity contribution in [3.05, 3.63) is 108 Å². The minimum absolute atomic E-state index is 0.331. The third-order valence-corrected chi connectivity index (χ3v) is 8.14. The zero-order valence-electron chi connectivity index (χ0n) is 20.2. The van der Waals surface area contributed by atoms with Crippen LogP contribution in [0.3, 0.4) is 0 Å². The summed E-state index contributed by atoms with van der Waals surface area (Å²) in [4.78, 5) is 13.0. The van der Waals surface area contributed by atoms with Gasteiger partial charge in [0.1, 0.15) is 12.5 Å². The van der Waals surface area contributed by atoms with Crippen LogP contribution in [0.15, 0.2) is 93.6 Å². The molecule has 1 aliphatic heterocycles. The van der Waals surface area contributed by atoms with Crippen LogP contribution in [0.4, 0.5) is 16.8 Å². The second-order valence-corrected chi connectivity index (χ2v) is 10.2. The highest BCUT2D eigenvalue weighted by atomic mass is 32.1. The van der Waals surface area contributed by atoms with Crippen molar-refractivity contribution in [2.75, 3.05) is 15.1 Å². The summed E-state index contributed by atoms with van der Waals surface area (Å²) in [7, 11) is 0. The average Bonchev–Trinajstić information content (AvgIpc) is 3.85. The van der Waals surface area contributed by atoms with Crippen LogP contribution in [0.1, 0.15) is 23.0 Å². The number of hydrogen-bond acceptors (Lipinski definition) is 14. The predicted octanol–water partition coefficient (Wildman–Crippen LogP) is 3.30. The molecule has 7 aromatic heterocycles. The molecule has 15 nitrogen and oxygen atoms in total. The van der Waals surface area contributed by atoms with E-state index in [1.54, 1.807) is 24.8 Å². The maximum absolute atomic E-state index is 6.26. The first-order valence-corrected chi connectivity index (χ1v) is 13.6. The first-order valence-electron chi connectivity index (χ1n) is 11.9. The summed E-state index contributed by atoms with van der Waals surface area (Å²) in [6.07, 6.45) is 11.6. The van der Waals surface area contributed by atoms with Gasteiger partial charge in [0.15, 0.2) is 11.4 Å². The molecule has 0 bridgehead atoms. The van der Waals surface area contributed by atoms with Crippen molar-refractivity contribution >= 4 is 39.6 Å². The van der Waals surface area contributed by atoms with Gasteiger partial charge in [-0.05, 0) is 41.0 Å². The number of rotatable bonds is 7. The number of anilines is 3. The van der Waals surface area contributed by atoms with Crippen LogP contribution >= 0.6 is 22.9 Å². The molecule has 8 heterocycles. The second-order valence-electron chi connectivity index (χ2n) is 8.63. The Labute approximate surface area is 232 Å². The highest BCUT2D eigenvalue weighted by Crippen LogP contribution is 2.63. The summed E-state index contributed by atoms with van der Waals surface area (Å²) in [5, 5.41) is 33.4. The molecule has 0 aromatic carbocycles. The lowest BCUT2D eigenvalue weighted by atomic mass is 9.69. The van der Waals surface area contributed by atoms with E-state index in [1.165, 1.54) is 35.3 Å². The van der Waals surface area contributed by atoms with Crippen LogP contribution in [-0.2, 0) is 11.1 Å². The summed E-state index contributed by atoms with van der Waals surface area (Å²) in [5.41, 5.74) is -0.676. The maximum Gasteiger partial charge on any atom is 0.231 e. The average molecular weight is 572 g/mol. The van der Waals surface area contributed by atoms with Crippen molar-refractivity contribution < 1.29 is 9.05 Å². The molecule has 3 N–H and O–H groups in total. The van der Waals surface area contributed by atoms with Gasteiger partial charge in [0, 0.05) is 35.4 Å². The molecule has 0 radical (unpaired) electrons. The lowest BCUT2D eigenvalue weighted by molar-refractivity contribution is 0.268. The minimum atomic E-state index is -1.38. The normalized spacial score (nSPS) is 21.1. The maximum atomic E-state index is 6.26. The number of hydrogen-bond donors (Lipinski definition) is 3. The van der Waals surface area contributed by atoms with Gasteiger partial charge in [-0.25, -0.2) is 24.6 Å². The molecule has 8 rings (SSSR count). The van der Waals surface area contributed by atoms with Gasteiger partial charge < -0.3 is 9.40 Å². The molecule has 2 atom stereocenters. The van der Waals surface area contributed by atoms with Gasteiger partial charge in [-0.3, -0.25) is 10.2 Å². The predicted molar refractivity (Wildman–Crippen MR) is 142 cm³/mol. The number of thiazole rings is 1. The van der Waals surface area contributed by atoms with Gasteiger partial charge in [0.25, 0.3) is 0 Å². The summed E-state index contributed by atoms with van der Waals surface area (Å²) in [5.74, 6) is 1.28. The summed E-state index contributed by atoms with van der Waals surface area (Å²) < 4.78 is 16.4. The molecular weight excluding hydrogens is 554 g/mol. The fourth-order valence-corrected chi connectivity index (χ4v) is 6.78. The van der Waals surface area contributed by atoms with Gasteiger partial charge in [-0.15, -0.1) is 11.3 Å². The molecular formula is C23H17N13O2S2. The highest BCUT2D eigenvalue weighted by Gasteiger charge is 2.77. The molecule has 0 aliphatic carbocycles. The standard InChI is InChI=1S/C23H17N13O2S2/c1-2-15(24-6-1)22(17-5-12-40-33-17)23(16-3-7-27-30-16,20-25-9-11-37-20)35(21-26-10-13-39-21)36(18-4-8-28-31-18)34(22)19-14-29-38-32-19/h1-14,24H,(H,27,30)(H,28,31). The number of aromatic amines is 3. The van der Waals surface area contributed by atoms with Gasteiger partial charge >= 0.3 is 0 Å². The van der Waals surface area contributed by atoms with Crippen LogP contribution in [0.5, 0.6) is 0 Å². The van der Waals surface area contributed by atoms with E-state index in [1.807, 2.05) is 62.4 Å². The molecule has 40 heavy (non-hydrogen) atoms. The van der Waals surface area contributed by atoms with E-state index in [2.05, 4.69) is 35.7 Å². The zero-order chi connectivity index (χ0) is 26.6. The molecule has 2 unspecified atom stereocenters. The van der Waals surface area contributed by atoms with Gasteiger partial charge in [0.05, 0.1) is 29.5 Å². The first-order chi connectivity index (χ1) is 19.9. The number of hydrazine groups is 2. The monoisotopic (exact) mass is 571 g/mol. The number of H-pyrrole nitrogens is 3. The molecule has 1 saturated heterocycles. The Kier molecular flexibility index (Phi) is 4.88. The van der Waals surface area contributed by atoms with Crippen LogP contribution in [0.25, 0.3) is 0 Å². The van der Waals surface area contributed by atoms with Gasteiger partial charge in [-0.2, -0.15) is 19.7 Å². The van der Waals surface area contributed by atoms with Crippen LogP contribution in [0, 0.1) is 0 Å². The highest BCUT2D eigenvalue weighted by molar-refractivity contribution is 7.13. The lowest BCUT2D eigenvalue weighted by Gasteiger charge is -2.43. The number of aromatic nitrogens is 10. The summed E-state index contributed by atoms with van der Waals surface area (Å²) in [6.45, 7) is 0. The Morgan fingerprint density at radius 1 is 0.875 bits per heavy atom. The van der Waals surface area contributed by atoms with E-state index in [0.29, 0.717) is 34.0 Å². The Hall–Kier alpha value is -5.29. The van der Waals surface area contributed by atoms with E-state index in [4.69, 9.17) is 23.4 Å². The van der Waals surface area contributed by atoms with Crippen LogP contribution in [-0.4, -0.2) is 50.0 Å². The molecule has 1 fully saturated rings. The van der Waals surface area contributed by atoms with E-state index in [0.717, 1.165) is 5.69 Å². The fraction of sp³-hybridized carbons (Fsp3) is 0.0870. The minimum Gasteiger partial charge on any atom is -0.446 e. The Balaban J connectivity index is 1.64. The second kappa shape index (κ2) is 8.61. The van der Waals surface area contributed by atoms with Crippen molar-refractivity contribution in [1.29, 1.82) is 0 Å². The van der Waals surface area contributed by atoms with Crippen molar-refractivity contribution in [2.24, 2.45) is 0 Å². The third kappa shape index (κ3) is 2.78. The van der Waals surface area contributed by atoms with E-state index in [-0.39, 0.29) is 0 Å². The molecule has 1 aliphatic rings. The molecule has 0 amide bonds. The van der Waals surface area contributed by atoms with Gasteiger partial charge in [0.2, 0.25) is 22.4 Å². The zero-order valence-corrected chi connectivity index (χ0v) is 21.8. The van der Waals surface area contributed by atoms with E-state index < -0.39 is 11.1 Å². The largest absolute Gasteiger partial charge is 0.446 e. The topological polar surface area (TPSA) is 174 Å². The molecule has 198 valence electrons. The lowest BCUT2D eigenvalue weighted by Crippen LogP contribution is -2.60. The van der Waals surface area contributed by atoms with Crippen LogP contribution < -0.4 is 15.1 Å². The Morgan fingerprint density at radius 3 is 2.48 bits per heavy atom. The van der Waals surface area contributed by atoms with E-state index >= 15 is 0 Å². The summed E-state index contributed by atoms with van der Waals surface area (Å²) in [6, 6.07) is 9.56. The molecule has 0 spiro atoms. The van der Waals surface area contributed by atoms with Gasteiger partial charge in [-0.1, -0.05) is 5.16 Å². The molecule has 0 saturated carbocycles. The molecule has 7 aromatic rings. The smallest absolute Gasteiger partial charge is 0.231 e. The molecule has 17 heteroatoms. The van der Waals surface area contributed by atoms with E-state index in [9.17, 15) is 0 Å². The quantitative estimate of drug-likeness (QED) is 0.255. The number of nitrogens with one attached hydrogen (secondary N) is 3. The van der Waals surface area contributed by atoms with Crippen molar-refractivity contribution in [2.45, 2.75) is 11.1 Å². The number of oxazole rings is 1. The number of nitrogens with zero attached hydrogens (tertiary/aromatic N) is 10. The summed E-state index contributed by atoms with van der Waals surface area (Å²) >= 11 is 2.75. The van der Waals surface area contributed by atoms with Crippen molar-refractivity contribution in [3.63, 3.8) is 0 Å².